The Kier molecular flexibility index (Phi) is 3.14. The van der Waals surface area contributed by atoms with Gasteiger partial charge in [0, 0.05) is 5.70 Å². The summed E-state index contributed by atoms with van der Waals surface area (Å²) in [4.78, 5) is 23.1. The normalized spacial score (nSPS) is 23.8. The molecule has 90 valence electrons. The molecule has 2 heterocycles. The average Bonchev–Trinajstić information content (AvgIpc) is 2.80. The van der Waals surface area contributed by atoms with E-state index in [1.807, 2.05) is 16.8 Å². The molecule has 1 aliphatic rings. The minimum atomic E-state index is -0.604. The van der Waals surface area contributed by atoms with Crippen molar-refractivity contribution in [2.75, 3.05) is 7.11 Å². The van der Waals surface area contributed by atoms with Gasteiger partial charge in [0.05, 0.1) is 13.2 Å². The number of rotatable bonds is 2. The van der Waals surface area contributed by atoms with Crippen LogP contribution in [0.5, 0.6) is 0 Å². The fourth-order valence-electron chi connectivity index (χ4n) is 1.82. The number of esters is 1. The average molecular weight is 252 g/mol. The molecule has 0 bridgehead atoms. The first-order chi connectivity index (χ1) is 8.13. The molecule has 1 aromatic heterocycles. The van der Waals surface area contributed by atoms with Crippen LogP contribution in [-0.4, -0.2) is 19.1 Å². The molecule has 5 nitrogen and oxygen atoms in total. The zero-order valence-electron chi connectivity index (χ0n) is 9.23. The Bertz CT molecular complexity index is 455. The summed E-state index contributed by atoms with van der Waals surface area (Å²) in [6.45, 7) is 3.71. The van der Waals surface area contributed by atoms with Gasteiger partial charge in [0.15, 0.2) is 0 Å². The Balaban J connectivity index is 2.34. The molecule has 1 aliphatic heterocycles. The Morgan fingerprint density at radius 2 is 2.35 bits per heavy atom. The summed E-state index contributed by atoms with van der Waals surface area (Å²) in [5.41, 5.74) is 1.23. The van der Waals surface area contributed by atoms with E-state index in [2.05, 4.69) is 17.2 Å². The van der Waals surface area contributed by atoms with Crippen molar-refractivity contribution in [3.8, 4) is 0 Å². The van der Waals surface area contributed by atoms with E-state index in [4.69, 9.17) is 4.74 Å². The molecule has 1 aromatic rings. The number of hydrogen-bond acceptors (Lipinski definition) is 4. The van der Waals surface area contributed by atoms with Crippen LogP contribution in [0.3, 0.4) is 0 Å². The lowest BCUT2D eigenvalue weighted by atomic mass is 9.90. The van der Waals surface area contributed by atoms with Crippen LogP contribution in [-0.2, 0) is 9.53 Å². The summed E-state index contributed by atoms with van der Waals surface area (Å²) in [6, 6.07) is 1.09. The highest BCUT2D eigenvalue weighted by Gasteiger charge is 2.38. The van der Waals surface area contributed by atoms with Crippen LogP contribution in [0.1, 0.15) is 11.6 Å². The SMILES string of the molecule is C=C1NC(=O)NC(c2ccsc2)C1C(=O)OC. The molecule has 0 saturated carbocycles. The largest absolute Gasteiger partial charge is 0.468 e. The molecular weight excluding hydrogens is 240 g/mol. The first kappa shape index (κ1) is 11.7. The monoisotopic (exact) mass is 252 g/mol. The minimum Gasteiger partial charge on any atom is -0.468 e. The highest BCUT2D eigenvalue weighted by molar-refractivity contribution is 7.08. The standard InChI is InChI=1S/C11H12N2O3S/c1-6-8(10(14)16-2)9(13-11(15)12-6)7-3-4-17-5-7/h3-5,8-9H,1H2,2H3,(H2,12,13,15). The van der Waals surface area contributed by atoms with Gasteiger partial charge in [-0.15, -0.1) is 0 Å². The third-order valence-electron chi connectivity index (χ3n) is 2.63. The second kappa shape index (κ2) is 4.58. The zero-order valence-corrected chi connectivity index (χ0v) is 10.0. The van der Waals surface area contributed by atoms with Gasteiger partial charge in [0.2, 0.25) is 0 Å². The third-order valence-corrected chi connectivity index (χ3v) is 3.33. The molecule has 1 fully saturated rings. The Morgan fingerprint density at radius 3 is 2.94 bits per heavy atom. The maximum absolute atomic E-state index is 11.7. The van der Waals surface area contributed by atoms with Crippen LogP contribution in [0.15, 0.2) is 29.1 Å². The second-order valence-corrected chi connectivity index (χ2v) is 4.44. The number of methoxy groups -OCH3 is 1. The summed E-state index contributed by atoms with van der Waals surface area (Å²) in [5.74, 6) is -1.02. The number of carbonyl (C=O) groups is 2. The van der Waals surface area contributed by atoms with Crippen molar-refractivity contribution in [3.05, 3.63) is 34.7 Å². The van der Waals surface area contributed by atoms with Crippen molar-refractivity contribution in [2.45, 2.75) is 6.04 Å². The van der Waals surface area contributed by atoms with Crippen LogP contribution >= 0.6 is 11.3 Å². The molecular formula is C11H12N2O3S. The van der Waals surface area contributed by atoms with E-state index in [0.717, 1.165) is 5.56 Å². The van der Waals surface area contributed by atoms with E-state index in [1.165, 1.54) is 18.4 Å². The van der Waals surface area contributed by atoms with Crippen molar-refractivity contribution in [3.63, 3.8) is 0 Å². The molecule has 17 heavy (non-hydrogen) atoms. The molecule has 2 rings (SSSR count). The fraction of sp³-hybridized carbons (Fsp3) is 0.273. The van der Waals surface area contributed by atoms with Gasteiger partial charge in [-0.3, -0.25) is 4.79 Å². The number of ether oxygens (including phenoxy) is 1. The molecule has 1 saturated heterocycles. The minimum absolute atomic E-state index is 0.355. The lowest BCUT2D eigenvalue weighted by Crippen LogP contribution is -2.50. The highest BCUT2D eigenvalue weighted by Crippen LogP contribution is 2.31. The van der Waals surface area contributed by atoms with E-state index in [9.17, 15) is 9.59 Å². The maximum Gasteiger partial charge on any atom is 0.319 e. The summed E-state index contributed by atoms with van der Waals surface area (Å²) in [7, 11) is 1.32. The lowest BCUT2D eigenvalue weighted by molar-refractivity contribution is -0.145. The molecule has 0 radical (unpaired) electrons. The van der Waals surface area contributed by atoms with Crippen molar-refractivity contribution in [2.24, 2.45) is 5.92 Å². The predicted molar refractivity (Wildman–Crippen MR) is 63.4 cm³/mol. The van der Waals surface area contributed by atoms with E-state index in [-0.39, 0.29) is 6.03 Å². The fourth-order valence-corrected chi connectivity index (χ4v) is 2.52. The first-order valence-corrected chi connectivity index (χ1v) is 5.94. The highest BCUT2D eigenvalue weighted by atomic mass is 32.1. The molecule has 2 N–H and O–H groups in total. The van der Waals surface area contributed by atoms with Crippen LogP contribution in [0.2, 0.25) is 0 Å². The Hall–Kier alpha value is -1.82. The zero-order chi connectivity index (χ0) is 12.4. The van der Waals surface area contributed by atoms with Gasteiger partial charge in [-0.05, 0) is 22.4 Å². The van der Waals surface area contributed by atoms with Crippen LogP contribution in [0, 0.1) is 5.92 Å². The Morgan fingerprint density at radius 1 is 1.59 bits per heavy atom. The smallest absolute Gasteiger partial charge is 0.319 e. The summed E-state index contributed by atoms with van der Waals surface area (Å²) >= 11 is 1.50. The first-order valence-electron chi connectivity index (χ1n) is 4.99. The predicted octanol–water partition coefficient (Wildman–Crippen LogP) is 1.40. The molecule has 6 heteroatoms. The van der Waals surface area contributed by atoms with Crippen molar-refractivity contribution >= 4 is 23.3 Å². The molecule has 0 aromatic carbocycles. The van der Waals surface area contributed by atoms with E-state index >= 15 is 0 Å². The lowest BCUT2D eigenvalue weighted by Gasteiger charge is -2.32. The van der Waals surface area contributed by atoms with E-state index in [1.54, 1.807) is 0 Å². The van der Waals surface area contributed by atoms with Crippen molar-refractivity contribution < 1.29 is 14.3 Å². The van der Waals surface area contributed by atoms with E-state index in [0.29, 0.717) is 5.70 Å². The third kappa shape index (κ3) is 2.16. The molecule has 2 unspecified atom stereocenters. The van der Waals surface area contributed by atoms with Crippen LogP contribution in [0.25, 0.3) is 0 Å². The maximum atomic E-state index is 11.7. The van der Waals surface area contributed by atoms with Crippen LogP contribution < -0.4 is 10.6 Å². The molecule has 2 amide bonds. The quantitative estimate of drug-likeness (QED) is 0.782. The number of urea groups is 1. The number of carbonyl (C=O) groups excluding carboxylic acids is 2. The van der Waals surface area contributed by atoms with Gasteiger partial charge in [-0.25, -0.2) is 4.79 Å². The number of nitrogens with one attached hydrogen (secondary N) is 2. The van der Waals surface area contributed by atoms with Gasteiger partial charge >= 0.3 is 12.0 Å². The molecule has 2 atom stereocenters. The summed E-state index contributed by atoms with van der Waals surface area (Å²) in [6.07, 6.45) is 0. The Labute approximate surface area is 102 Å². The second-order valence-electron chi connectivity index (χ2n) is 3.66. The summed E-state index contributed by atoms with van der Waals surface area (Å²) in [5, 5.41) is 8.98. The van der Waals surface area contributed by atoms with Crippen molar-refractivity contribution in [1.29, 1.82) is 0 Å². The number of hydrogen-bond donors (Lipinski definition) is 2. The van der Waals surface area contributed by atoms with E-state index < -0.39 is 17.9 Å². The van der Waals surface area contributed by atoms with Crippen LogP contribution in [0.4, 0.5) is 4.79 Å². The van der Waals surface area contributed by atoms with Crippen molar-refractivity contribution in [1.82, 2.24) is 10.6 Å². The van der Waals surface area contributed by atoms with Gasteiger partial charge in [0.1, 0.15) is 5.92 Å². The van der Waals surface area contributed by atoms with Gasteiger partial charge < -0.3 is 15.4 Å². The van der Waals surface area contributed by atoms with Gasteiger partial charge in [0.25, 0.3) is 0 Å². The molecule has 0 spiro atoms. The summed E-state index contributed by atoms with van der Waals surface area (Å²) < 4.78 is 4.74. The topological polar surface area (TPSA) is 67.4 Å². The number of amides is 2. The van der Waals surface area contributed by atoms with Gasteiger partial charge in [-0.1, -0.05) is 6.58 Å². The number of thiophene rings is 1. The molecule has 0 aliphatic carbocycles. The van der Waals surface area contributed by atoms with Gasteiger partial charge in [-0.2, -0.15) is 11.3 Å².